The van der Waals surface area contributed by atoms with Gasteiger partial charge in [-0.2, -0.15) is 0 Å². The Bertz CT molecular complexity index is 631. The molecule has 3 rings (SSSR count). The zero-order valence-electron chi connectivity index (χ0n) is 11.3. The number of hydrogen-bond acceptors (Lipinski definition) is 3. The fourth-order valence-corrected chi connectivity index (χ4v) is 2.53. The molecular weight excluding hydrogens is 234 g/mol. The summed E-state index contributed by atoms with van der Waals surface area (Å²) < 4.78 is 0. The minimum Gasteiger partial charge on any atom is -0.398 e. The molecule has 0 spiro atoms. The molecular formula is C16H19N3. The molecule has 0 atom stereocenters. The maximum atomic E-state index is 6.11. The Morgan fingerprint density at radius 2 is 2.16 bits per heavy atom. The maximum absolute atomic E-state index is 6.11. The molecule has 0 aliphatic carbocycles. The molecule has 0 saturated carbocycles. The van der Waals surface area contributed by atoms with Gasteiger partial charge >= 0.3 is 0 Å². The number of hydrogen-bond donors (Lipinski definition) is 1. The summed E-state index contributed by atoms with van der Waals surface area (Å²) >= 11 is 0. The van der Waals surface area contributed by atoms with Crippen LogP contribution in [0, 0.1) is 0 Å². The van der Waals surface area contributed by atoms with Crippen molar-refractivity contribution in [1.29, 1.82) is 0 Å². The van der Waals surface area contributed by atoms with Crippen LogP contribution in [0.3, 0.4) is 0 Å². The van der Waals surface area contributed by atoms with Crippen LogP contribution in [0.15, 0.2) is 42.0 Å². The highest BCUT2D eigenvalue weighted by molar-refractivity contribution is 5.90. The summed E-state index contributed by atoms with van der Waals surface area (Å²) in [5, 5.41) is 1.04. The SMILES string of the molecule is CC1=CCN(Cc2cc(N)c3ccccc3n2)CC1. The first-order valence-electron chi connectivity index (χ1n) is 6.74. The summed E-state index contributed by atoms with van der Waals surface area (Å²) in [6.45, 7) is 5.19. The number of nitrogens with zero attached hydrogens (tertiary/aromatic N) is 2. The van der Waals surface area contributed by atoms with Crippen molar-refractivity contribution in [3.8, 4) is 0 Å². The standard InChI is InChI=1S/C16H19N3/c1-12-6-8-19(9-7-12)11-13-10-15(17)14-4-2-3-5-16(14)18-13/h2-6,10H,7-9,11H2,1H3,(H2,17,18). The molecule has 0 bridgehead atoms. The number of nitrogen functional groups attached to an aromatic ring is 1. The van der Waals surface area contributed by atoms with E-state index in [2.05, 4.69) is 17.9 Å². The minimum atomic E-state index is 0.823. The molecule has 2 heterocycles. The van der Waals surface area contributed by atoms with Crippen LogP contribution in [0.1, 0.15) is 19.0 Å². The average Bonchev–Trinajstić information content (AvgIpc) is 2.42. The lowest BCUT2D eigenvalue weighted by Gasteiger charge is -2.25. The normalized spacial score (nSPS) is 16.6. The number of aromatic nitrogens is 1. The van der Waals surface area contributed by atoms with E-state index in [0.29, 0.717) is 0 Å². The van der Waals surface area contributed by atoms with Crippen LogP contribution in [0.25, 0.3) is 10.9 Å². The first-order chi connectivity index (χ1) is 9.22. The van der Waals surface area contributed by atoms with Gasteiger partial charge in [0.2, 0.25) is 0 Å². The van der Waals surface area contributed by atoms with Crippen molar-refractivity contribution in [3.63, 3.8) is 0 Å². The lowest BCUT2D eigenvalue weighted by atomic mass is 10.1. The van der Waals surface area contributed by atoms with Gasteiger partial charge in [0.15, 0.2) is 0 Å². The fourth-order valence-electron chi connectivity index (χ4n) is 2.53. The third kappa shape index (κ3) is 2.61. The third-order valence-electron chi connectivity index (χ3n) is 3.71. The topological polar surface area (TPSA) is 42.1 Å². The predicted molar refractivity (Wildman–Crippen MR) is 79.8 cm³/mol. The molecule has 98 valence electrons. The monoisotopic (exact) mass is 253 g/mol. The van der Waals surface area contributed by atoms with E-state index >= 15 is 0 Å². The van der Waals surface area contributed by atoms with Gasteiger partial charge in [0.25, 0.3) is 0 Å². The number of nitrogens with two attached hydrogens (primary N) is 1. The Morgan fingerprint density at radius 1 is 1.32 bits per heavy atom. The first-order valence-corrected chi connectivity index (χ1v) is 6.74. The molecule has 1 aliphatic rings. The molecule has 0 fully saturated rings. The molecule has 3 nitrogen and oxygen atoms in total. The second kappa shape index (κ2) is 5.02. The van der Waals surface area contributed by atoms with Gasteiger partial charge in [-0.15, -0.1) is 0 Å². The van der Waals surface area contributed by atoms with Crippen LogP contribution in [-0.2, 0) is 6.54 Å². The first kappa shape index (κ1) is 12.2. The van der Waals surface area contributed by atoms with Crippen molar-refractivity contribution in [3.05, 3.63) is 47.7 Å². The summed E-state index contributed by atoms with van der Waals surface area (Å²) in [6.07, 6.45) is 3.46. The molecule has 0 amide bonds. The number of benzene rings is 1. The maximum Gasteiger partial charge on any atom is 0.0726 e. The second-order valence-corrected chi connectivity index (χ2v) is 5.26. The number of fused-ring (bicyclic) bond motifs is 1. The summed E-state index contributed by atoms with van der Waals surface area (Å²) in [6, 6.07) is 10.1. The Labute approximate surface area is 113 Å². The van der Waals surface area contributed by atoms with Crippen LogP contribution in [-0.4, -0.2) is 23.0 Å². The quantitative estimate of drug-likeness (QED) is 0.837. The molecule has 2 N–H and O–H groups in total. The highest BCUT2D eigenvalue weighted by Gasteiger charge is 2.11. The van der Waals surface area contributed by atoms with E-state index in [1.165, 1.54) is 5.57 Å². The Kier molecular flexibility index (Phi) is 3.22. The molecule has 3 heteroatoms. The van der Waals surface area contributed by atoms with Crippen molar-refractivity contribution in [1.82, 2.24) is 9.88 Å². The van der Waals surface area contributed by atoms with E-state index < -0.39 is 0 Å². The molecule has 19 heavy (non-hydrogen) atoms. The lowest BCUT2D eigenvalue weighted by Crippen LogP contribution is -2.28. The smallest absolute Gasteiger partial charge is 0.0726 e. The highest BCUT2D eigenvalue weighted by Crippen LogP contribution is 2.21. The minimum absolute atomic E-state index is 0.823. The Morgan fingerprint density at radius 3 is 2.95 bits per heavy atom. The number of rotatable bonds is 2. The van der Waals surface area contributed by atoms with E-state index in [0.717, 1.165) is 48.3 Å². The molecule has 2 aromatic rings. The molecule has 0 radical (unpaired) electrons. The van der Waals surface area contributed by atoms with Crippen LogP contribution >= 0.6 is 0 Å². The van der Waals surface area contributed by atoms with Crippen molar-refractivity contribution >= 4 is 16.6 Å². The Hall–Kier alpha value is -1.87. The summed E-state index contributed by atoms with van der Waals surface area (Å²) in [4.78, 5) is 7.11. The zero-order valence-corrected chi connectivity index (χ0v) is 11.3. The van der Waals surface area contributed by atoms with Crippen molar-refractivity contribution in [2.24, 2.45) is 0 Å². The van der Waals surface area contributed by atoms with Crippen LogP contribution < -0.4 is 5.73 Å². The van der Waals surface area contributed by atoms with E-state index in [1.807, 2.05) is 30.3 Å². The molecule has 1 aromatic heterocycles. The van der Waals surface area contributed by atoms with Crippen molar-refractivity contribution in [2.75, 3.05) is 18.8 Å². The van der Waals surface area contributed by atoms with E-state index in [9.17, 15) is 0 Å². The van der Waals surface area contributed by atoms with Crippen LogP contribution in [0.5, 0.6) is 0 Å². The van der Waals surface area contributed by atoms with Gasteiger partial charge in [-0.1, -0.05) is 29.8 Å². The molecule has 1 aromatic carbocycles. The third-order valence-corrected chi connectivity index (χ3v) is 3.71. The molecule has 0 saturated heterocycles. The average molecular weight is 253 g/mol. The largest absolute Gasteiger partial charge is 0.398 e. The van der Waals surface area contributed by atoms with Crippen molar-refractivity contribution < 1.29 is 0 Å². The predicted octanol–water partition coefficient (Wildman–Crippen LogP) is 2.97. The number of para-hydroxylation sites is 1. The van der Waals surface area contributed by atoms with Gasteiger partial charge in [0.05, 0.1) is 11.2 Å². The van der Waals surface area contributed by atoms with Crippen LogP contribution in [0.2, 0.25) is 0 Å². The highest BCUT2D eigenvalue weighted by atomic mass is 15.1. The van der Waals surface area contributed by atoms with Gasteiger partial charge < -0.3 is 5.73 Å². The summed E-state index contributed by atoms with van der Waals surface area (Å²) in [7, 11) is 0. The summed E-state index contributed by atoms with van der Waals surface area (Å²) in [5.41, 5.74) is 10.5. The fraction of sp³-hybridized carbons (Fsp3) is 0.312. The lowest BCUT2D eigenvalue weighted by molar-refractivity contribution is 0.283. The van der Waals surface area contributed by atoms with E-state index in [-0.39, 0.29) is 0 Å². The van der Waals surface area contributed by atoms with Gasteiger partial charge in [0.1, 0.15) is 0 Å². The molecule has 0 unspecified atom stereocenters. The number of pyridine rings is 1. The van der Waals surface area contributed by atoms with Gasteiger partial charge in [0, 0.05) is 30.7 Å². The van der Waals surface area contributed by atoms with E-state index in [1.54, 1.807) is 0 Å². The van der Waals surface area contributed by atoms with E-state index in [4.69, 9.17) is 10.7 Å². The molecule has 1 aliphatic heterocycles. The van der Waals surface area contributed by atoms with Crippen LogP contribution in [0.4, 0.5) is 5.69 Å². The Balaban J connectivity index is 1.85. The second-order valence-electron chi connectivity index (χ2n) is 5.26. The number of anilines is 1. The van der Waals surface area contributed by atoms with Crippen molar-refractivity contribution in [2.45, 2.75) is 19.9 Å². The van der Waals surface area contributed by atoms with Gasteiger partial charge in [-0.05, 0) is 25.5 Å². The van der Waals surface area contributed by atoms with Gasteiger partial charge in [-0.25, -0.2) is 0 Å². The summed E-state index contributed by atoms with van der Waals surface area (Å²) in [5.74, 6) is 0. The van der Waals surface area contributed by atoms with Gasteiger partial charge in [-0.3, -0.25) is 9.88 Å². The zero-order chi connectivity index (χ0) is 13.2.